The predicted octanol–water partition coefficient (Wildman–Crippen LogP) is 0.809. The van der Waals surface area contributed by atoms with E-state index < -0.39 is 5.97 Å². The molecule has 20 heavy (non-hydrogen) atoms. The summed E-state index contributed by atoms with van der Waals surface area (Å²) in [5.74, 6) is 1.54. The first-order chi connectivity index (χ1) is 9.63. The minimum absolute atomic E-state index is 0.291. The minimum atomic E-state index is -0.713. The highest BCUT2D eigenvalue weighted by Crippen LogP contribution is 2.24. The molecule has 0 saturated carbocycles. The molecule has 1 aromatic rings. The quantitative estimate of drug-likeness (QED) is 0.886. The fourth-order valence-electron chi connectivity index (χ4n) is 3.45. The van der Waals surface area contributed by atoms with E-state index in [1.165, 1.54) is 19.4 Å². The molecule has 1 saturated heterocycles. The van der Waals surface area contributed by atoms with Crippen LogP contribution >= 0.6 is 0 Å². The second kappa shape index (κ2) is 5.52. The Hall–Kier alpha value is -1.43. The van der Waals surface area contributed by atoms with Gasteiger partial charge in [0.1, 0.15) is 11.6 Å². The molecule has 0 radical (unpaired) electrons. The lowest BCUT2D eigenvalue weighted by Crippen LogP contribution is -2.34. The molecule has 2 aliphatic rings. The topological polar surface area (TPSA) is 71.2 Å². The summed E-state index contributed by atoms with van der Waals surface area (Å²) < 4.78 is 2.15. The monoisotopic (exact) mass is 278 g/mol. The fraction of sp³-hybridized carbons (Fsp3) is 0.786. The molecule has 6 nitrogen and oxygen atoms in total. The average molecular weight is 278 g/mol. The van der Waals surface area contributed by atoms with Crippen molar-refractivity contribution in [2.75, 3.05) is 20.1 Å². The SMILES string of the molecule is CN1CCCC(Cc2nnc3n2CCC(C(=O)O)C3)C1. The van der Waals surface area contributed by atoms with Crippen LogP contribution in [0.4, 0.5) is 0 Å². The third-order valence-corrected chi connectivity index (χ3v) is 4.58. The summed E-state index contributed by atoms with van der Waals surface area (Å²) in [6.07, 6.45) is 4.69. The number of nitrogens with zero attached hydrogens (tertiary/aromatic N) is 4. The zero-order valence-electron chi connectivity index (χ0n) is 12.0. The lowest BCUT2D eigenvalue weighted by atomic mass is 9.94. The first-order valence-corrected chi connectivity index (χ1v) is 7.46. The van der Waals surface area contributed by atoms with Gasteiger partial charge in [0.05, 0.1) is 5.92 Å². The molecule has 3 heterocycles. The Morgan fingerprint density at radius 3 is 2.95 bits per heavy atom. The van der Waals surface area contributed by atoms with Crippen LogP contribution in [-0.4, -0.2) is 50.9 Å². The number of carboxylic acids is 1. The van der Waals surface area contributed by atoms with E-state index in [9.17, 15) is 4.79 Å². The van der Waals surface area contributed by atoms with Gasteiger partial charge >= 0.3 is 5.97 Å². The summed E-state index contributed by atoms with van der Waals surface area (Å²) in [5, 5.41) is 17.6. The van der Waals surface area contributed by atoms with Gasteiger partial charge in [-0.05, 0) is 38.8 Å². The van der Waals surface area contributed by atoms with Crippen LogP contribution in [0.5, 0.6) is 0 Å². The summed E-state index contributed by atoms with van der Waals surface area (Å²) >= 11 is 0. The Bertz CT molecular complexity index is 499. The van der Waals surface area contributed by atoms with Gasteiger partial charge in [-0.15, -0.1) is 10.2 Å². The Morgan fingerprint density at radius 1 is 1.35 bits per heavy atom. The van der Waals surface area contributed by atoms with Crippen molar-refractivity contribution in [2.24, 2.45) is 11.8 Å². The van der Waals surface area contributed by atoms with Crippen LogP contribution in [0.3, 0.4) is 0 Å². The number of fused-ring (bicyclic) bond motifs is 1. The van der Waals surface area contributed by atoms with Gasteiger partial charge in [0.15, 0.2) is 0 Å². The third kappa shape index (κ3) is 2.70. The van der Waals surface area contributed by atoms with E-state index in [0.717, 1.165) is 31.2 Å². The molecule has 2 aliphatic heterocycles. The average Bonchev–Trinajstić information content (AvgIpc) is 2.81. The number of hydrogen-bond donors (Lipinski definition) is 1. The number of aliphatic carboxylic acids is 1. The van der Waals surface area contributed by atoms with Gasteiger partial charge < -0.3 is 14.6 Å². The summed E-state index contributed by atoms with van der Waals surface area (Å²) in [4.78, 5) is 13.4. The van der Waals surface area contributed by atoms with Crippen LogP contribution in [0.2, 0.25) is 0 Å². The standard InChI is InChI=1S/C14H22N4O2/c1-17-5-2-3-10(9-17)7-12-15-16-13-8-11(14(19)20)4-6-18(12)13/h10-11H,2-9H2,1H3,(H,19,20). The van der Waals surface area contributed by atoms with E-state index in [-0.39, 0.29) is 5.92 Å². The van der Waals surface area contributed by atoms with Crippen LogP contribution in [0.1, 0.15) is 30.9 Å². The summed E-state index contributed by atoms with van der Waals surface area (Å²) in [7, 11) is 2.17. The Balaban J connectivity index is 1.69. The van der Waals surface area contributed by atoms with Gasteiger partial charge in [-0.3, -0.25) is 4.79 Å². The van der Waals surface area contributed by atoms with Gasteiger partial charge in [-0.25, -0.2) is 0 Å². The second-order valence-electron chi connectivity index (χ2n) is 6.19. The highest BCUT2D eigenvalue weighted by atomic mass is 16.4. The number of carbonyl (C=O) groups is 1. The first-order valence-electron chi connectivity index (χ1n) is 7.46. The van der Waals surface area contributed by atoms with Crippen molar-refractivity contribution in [3.8, 4) is 0 Å². The minimum Gasteiger partial charge on any atom is -0.481 e. The molecule has 1 N–H and O–H groups in total. The lowest BCUT2D eigenvalue weighted by Gasteiger charge is -2.29. The number of likely N-dealkylation sites (tertiary alicyclic amines) is 1. The molecule has 0 aromatic carbocycles. The third-order valence-electron chi connectivity index (χ3n) is 4.58. The van der Waals surface area contributed by atoms with Crippen LogP contribution in [-0.2, 0) is 24.2 Å². The van der Waals surface area contributed by atoms with E-state index >= 15 is 0 Å². The lowest BCUT2D eigenvalue weighted by molar-refractivity contribution is -0.142. The highest BCUT2D eigenvalue weighted by Gasteiger charge is 2.28. The van der Waals surface area contributed by atoms with Crippen molar-refractivity contribution in [2.45, 2.75) is 38.6 Å². The summed E-state index contributed by atoms with van der Waals surface area (Å²) in [6.45, 7) is 3.06. The Labute approximate surface area is 118 Å². The smallest absolute Gasteiger partial charge is 0.307 e. The zero-order valence-corrected chi connectivity index (χ0v) is 12.0. The fourth-order valence-corrected chi connectivity index (χ4v) is 3.45. The molecule has 1 aromatic heterocycles. The van der Waals surface area contributed by atoms with E-state index in [2.05, 4.69) is 26.7 Å². The number of hydrogen-bond acceptors (Lipinski definition) is 4. The van der Waals surface area contributed by atoms with Gasteiger partial charge in [0.2, 0.25) is 0 Å². The van der Waals surface area contributed by atoms with E-state index in [1.807, 2.05) is 0 Å². The molecule has 0 spiro atoms. The van der Waals surface area contributed by atoms with E-state index in [1.54, 1.807) is 0 Å². The molecule has 0 bridgehead atoms. The van der Waals surface area contributed by atoms with Gasteiger partial charge in [-0.2, -0.15) is 0 Å². The van der Waals surface area contributed by atoms with Crippen LogP contribution in [0.15, 0.2) is 0 Å². The molecule has 0 aliphatic carbocycles. The zero-order chi connectivity index (χ0) is 14.1. The van der Waals surface area contributed by atoms with Crippen molar-refractivity contribution < 1.29 is 9.90 Å². The van der Waals surface area contributed by atoms with Gasteiger partial charge in [-0.1, -0.05) is 0 Å². The van der Waals surface area contributed by atoms with Crippen molar-refractivity contribution >= 4 is 5.97 Å². The predicted molar refractivity (Wildman–Crippen MR) is 73.4 cm³/mol. The molecular weight excluding hydrogens is 256 g/mol. The van der Waals surface area contributed by atoms with Gasteiger partial charge in [0, 0.05) is 25.9 Å². The van der Waals surface area contributed by atoms with Crippen LogP contribution < -0.4 is 0 Å². The molecule has 3 rings (SSSR count). The van der Waals surface area contributed by atoms with E-state index in [4.69, 9.17) is 5.11 Å². The van der Waals surface area contributed by atoms with Crippen molar-refractivity contribution in [3.05, 3.63) is 11.6 Å². The first kappa shape index (κ1) is 13.5. The van der Waals surface area contributed by atoms with Crippen molar-refractivity contribution in [1.82, 2.24) is 19.7 Å². The molecule has 0 amide bonds. The maximum atomic E-state index is 11.1. The van der Waals surface area contributed by atoms with Crippen LogP contribution in [0.25, 0.3) is 0 Å². The maximum absolute atomic E-state index is 11.1. The van der Waals surface area contributed by atoms with E-state index in [0.29, 0.717) is 18.8 Å². The molecule has 1 fully saturated rings. The molecule has 2 unspecified atom stereocenters. The Morgan fingerprint density at radius 2 is 2.20 bits per heavy atom. The molecular formula is C14H22N4O2. The molecule has 6 heteroatoms. The largest absolute Gasteiger partial charge is 0.481 e. The van der Waals surface area contributed by atoms with Crippen LogP contribution in [0, 0.1) is 11.8 Å². The van der Waals surface area contributed by atoms with Crippen molar-refractivity contribution in [1.29, 1.82) is 0 Å². The Kier molecular flexibility index (Phi) is 3.74. The number of carboxylic acid groups (broad SMARTS) is 1. The maximum Gasteiger partial charge on any atom is 0.307 e. The highest BCUT2D eigenvalue weighted by molar-refractivity contribution is 5.70. The summed E-state index contributed by atoms with van der Waals surface area (Å²) in [6, 6.07) is 0. The second-order valence-corrected chi connectivity index (χ2v) is 6.19. The number of aromatic nitrogens is 3. The summed E-state index contributed by atoms with van der Waals surface area (Å²) in [5.41, 5.74) is 0. The van der Waals surface area contributed by atoms with Gasteiger partial charge in [0.25, 0.3) is 0 Å². The molecule has 2 atom stereocenters. The van der Waals surface area contributed by atoms with Crippen molar-refractivity contribution in [3.63, 3.8) is 0 Å². The normalized spacial score (nSPS) is 27.2. The number of rotatable bonds is 3. The number of piperidine rings is 1. The molecule has 110 valence electrons.